The van der Waals surface area contributed by atoms with Crippen molar-refractivity contribution in [1.82, 2.24) is 9.97 Å². The van der Waals surface area contributed by atoms with E-state index in [-0.39, 0.29) is 11.7 Å². The highest BCUT2D eigenvalue weighted by molar-refractivity contribution is 7.18. The first-order valence-corrected chi connectivity index (χ1v) is 9.88. The van der Waals surface area contributed by atoms with Crippen LogP contribution in [0.25, 0.3) is 10.2 Å². The lowest BCUT2D eigenvalue weighted by Crippen LogP contribution is -2.36. The van der Waals surface area contributed by atoms with Gasteiger partial charge in [0.1, 0.15) is 21.3 Å². The number of hydrogen-bond donors (Lipinski definition) is 0. The third-order valence-corrected chi connectivity index (χ3v) is 5.48. The molecule has 3 aromatic rings. The van der Waals surface area contributed by atoms with Crippen LogP contribution in [-0.4, -0.2) is 21.7 Å². The number of ether oxygens (including phenoxy) is 1. The van der Waals surface area contributed by atoms with E-state index in [1.165, 1.54) is 27.6 Å². The maximum absolute atomic E-state index is 12.8. The number of pyridine rings is 1. The Hall–Kier alpha value is -1.41. The van der Waals surface area contributed by atoms with Crippen molar-refractivity contribution in [2.45, 2.75) is 32.9 Å². The summed E-state index contributed by atoms with van der Waals surface area (Å²) in [4.78, 5) is 22.9. The minimum absolute atomic E-state index is 0.260. The molecule has 0 spiro atoms. The number of carbonyl (C=O) groups excluding carboxylic acids is 1. The number of thiophene rings is 1. The van der Waals surface area contributed by atoms with Gasteiger partial charge in [-0.1, -0.05) is 23.2 Å². The third-order valence-electron chi connectivity index (χ3n) is 3.11. The average molecular weight is 416 g/mol. The molecule has 3 aromatic heterocycles. The monoisotopic (exact) mass is 415 g/mol. The van der Waals surface area contributed by atoms with Gasteiger partial charge in [-0.15, -0.1) is 22.7 Å². The smallest absolute Gasteiger partial charge is 0.415 e. The Morgan fingerprint density at radius 1 is 1.32 bits per heavy atom. The number of fused-ring (bicyclic) bond motifs is 1. The fourth-order valence-electron chi connectivity index (χ4n) is 2.17. The molecule has 132 valence electrons. The molecule has 0 fully saturated rings. The number of anilines is 1. The van der Waals surface area contributed by atoms with E-state index in [4.69, 9.17) is 27.9 Å². The van der Waals surface area contributed by atoms with E-state index in [1.807, 2.05) is 26.2 Å². The maximum atomic E-state index is 12.8. The average Bonchev–Trinajstić information content (AvgIpc) is 3.13. The highest BCUT2D eigenvalue weighted by atomic mass is 35.5. The summed E-state index contributed by atoms with van der Waals surface area (Å²) in [6.45, 7) is 5.74. The first-order valence-electron chi connectivity index (χ1n) is 7.37. The molecule has 0 atom stereocenters. The molecule has 0 aliphatic rings. The lowest BCUT2D eigenvalue weighted by Gasteiger charge is -2.27. The van der Waals surface area contributed by atoms with E-state index in [0.717, 1.165) is 9.71 Å². The fourth-order valence-corrected chi connectivity index (χ4v) is 4.17. The van der Waals surface area contributed by atoms with Gasteiger partial charge in [-0.05, 0) is 20.8 Å². The van der Waals surface area contributed by atoms with Crippen molar-refractivity contribution in [2.75, 3.05) is 4.90 Å². The van der Waals surface area contributed by atoms with Gasteiger partial charge in [0.05, 0.1) is 22.0 Å². The van der Waals surface area contributed by atoms with Crippen molar-refractivity contribution in [3.63, 3.8) is 0 Å². The van der Waals surface area contributed by atoms with Gasteiger partial charge in [0, 0.05) is 23.0 Å². The van der Waals surface area contributed by atoms with Crippen LogP contribution >= 0.6 is 45.9 Å². The van der Waals surface area contributed by atoms with Gasteiger partial charge in [0.15, 0.2) is 0 Å². The molecule has 0 saturated heterocycles. The van der Waals surface area contributed by atoms with Crippen molar-refractivity contribution in [3.8, 4) is 0 Å². The topological polar surface area (TPSA) is 55.3 Å². The molecule has 0 N–H and O–H groups in total. The van der Waals surface area contributed by atoms with E-state index in [9.17, 15) is 4.79 Å². The van der Waals surface area contributed by atoms with Crippen LogP contribution in [0.1, 0.15) is 25.8 Å². The number of nitrogens with zero attached hydrogens (tertiary/aromatic N) is 3. The first kappa shape index (κ1) is 18.4. The molecule has 0 radical (unpaired) electrons. The second kappa shape index (κ2) is 7.07. The van der Waals surface area contributed by atoms with Crippen LogP contribution in [0.15, 0.2) is 23.0 Å². The summed E-state index contributed by atoms with van der Waals surface area (Å²) in [7, 11) is 0. The van der Waals surface area contributed by atoms with Gasteiger partial charge in [0.25, 0.3) is 0 Å². The fraction of sp³-hybridized carbons (Fsp3) is 0.312. The van der Waals surface area contributed by atoms with E-state index >= 15 is 0 Å². The number of amides is 1. The Morgan fingerprint density at radius 3 is 2.72 bits per heavy atom. The summed E-state index contributed by atoms with van der Waals surface area (Å²) < 4.78 is 6.35. The number of halogens is 2. The van der Waals surface area contributed by atoms with E-state index in [0.29, 0.717) is 16.2 Å². The molecule has 1 amide bonds. The molecule has 0 aromatic carbocycles. The highest BCUT2D eigenvalue weighted by Gasteiger charge is 2.27. The minimum atomic E-state index is -0.624. The van der Waals surface area contributed by atoms with Crippen molar-refractivity contribution in [3.05, 3.63) is 38.2 Å². The number of hydrogen-bond acceptors (Lipinski definition) is 6. The summed E-state index contributed by atoms with van der Waals surface area (Å²) in [5, 5.41) is 5.18. The summed E-state index contributed by atoms with van der Waals surface area (Å²) in [5.41, 5.74) is 0.555. The van der Waals surface area contributed by atoms with Crippen molar-refractivity contribution in [1.29, 1.82) is 0 Å². The van der Waals surface area contributed by atoms with Gasteiger partial charge >= 0.3 is 6.09 Å². The Morgan fingerprint density at radius 2 is 2.08 bits per heavy atom. The molecule has 3 rings (SSSR count). The quantitative estimate of drug-likeness (QED) is 0.492. The van der Waals surface area contributed by atoms with Gasteiger partial charge < -0.3 is 4.74 Å². The second-order valence-electron chi connectivity index (χ2n) is 6.22. The largest absolute Gasteiger partial charge is 0.443 e. The molecule has 25 heavy (non-hydrogen) atoms. The van der Waals surface area contributed by atoms with E-state index in [1.54, 1.807) is 17.6 Å². The van der Waals surface area contributed by atoms with Crippen molar-refractivity contribution < 1.29 is 9.53 Å². The van der Waals surface area contributed by atoms with Gasteiger partial charge in [-0.2, -0.15) is 0 Å². The first-order chi connectivity index (χ1) is 11.7. The predicted octanol–water partition coefficient (Wildman–Crippen LogP) is 6.00. The van der Waals surface area contributed by atoms with E-state index < -0.39 is 11.7 Å². The molecule has 0 saturated carbocycles. The molecular formula is C16H15Cl2N3O2S2. The van der Waals surface area contributed by atoms with Crippen LogP contribution < -0.4 is 4.90 Å². The number of thiazole rings is 1. The zero-order chi connectivity index (χ0) is 18.2. The summed E-state index contributed by atoms with van der Waals surface area (Å²) >= 11 is 15.2. The van der Waals surface area contributed by atoms with Gasteiger partial charge in [-0.3, -0.25) is 4.90 Å². The summed E-state index contributed by atoms with van der Waals surface area (Å²) in [5.74, 6) is 0. The van der Waals surface area contributed by atoms with Crippen LogP contribution in [0.3, 0.4) is 0 Å². The predicted molar refractivity (Wildman–Crippen MR) is 104 cm³/mol. The molecule has 0 aliphatic carbocycles. The summed E-state index contributed by atoms with van der Waals surface area (Å²) in [6, 6.07) is 1.65. The lowest BCUT2D eigenvalue weighted by molar-refractivity contribution is 0.0578. The Balaban J connectivity index is 2.09. The van der Waals surface area contributed by atoms with Crippen LogP contribution in [-0.2, 0) is 11.3 Å². The number of carbonyl (C=O) groups is 1. The van der Waals surface area contributed by atoms with Crippen LogP contribution in [0.5, 0.6) is 0 Å². The van der Waals surface area contributed by atoms with Gasteiger partial charge in [0.2, 0.25) is 0 Å². The molecule has 3 heterocycles. The Kier molecular flexibility index (Phi) is 5.20. The number of rotatable bonds is 3. The molecular weight excluding hydrogens is 401 g/mol. The third kappa shape index (κ3) is 4.23. The van der Waals surface area contributed by atoms with Crippen molar-refractivity contribution >= 4 is 67.9 Å². The molecule has 5 nitrogen and oxygen atoms in total. The lowest BCUT2D eigenvalue weighted by atomic mass is 10.2. The number of aromatic nitrogens is 2. The molecule has 0 bridgehead atoms. The maximum Gasteiger partial charge on any atom is 0.415 e. The van der Waals surface area contributed by atoms with Crippen LogP contribution in [0.2, 0.25) is 10.2 Å². The van der Waals surface area contributed by atoms with Gasteiger partial charge in [-0.25, -0.2) is 14.8 Å². The molecule has 9 heteroatoms. The normalized spacial score (nSPS) is 11.7. The Labute approximate surface area is 163 Å². The van der Waals surface area contributed by atoms with Crippen LogP contribution in [0, 0.1) is 0 Å². The highest BCUT2D eigenvalue weighted by Crippen LogP contribution is 2.38. The Bertz CT molecular complexity index is 904. The minimum Gasteiger partial charge on any atom is -0.443 e. The zero-order valence-corrected chi connectivity index (χ0v) is 16.9. The molecule has 0 unspecified atom stereocenters. The zero-order valence-electron chi connectivity index (χ0n) is 13.7. The second-order valence-corrected chi connectivity index (χ2v) is 8.87. The molecule has 0 aliphatic heterocycles. The van der Waals surface area contributed by atoms with Crippen molar-refractivity contribution in [2.24, 2.45) is 0 Å². The standard InChI is InChI=1S/C16H15Cl2N3O2S2/c1-16(2,3)23-15(22)21(7-12-19-4-5-24-12)10-6-11(18)20-13-9(17)8-25-14(10)13/h4-6,8H,7H2,1-3H3. The van der Waals surface area contributed by atoms with Crippen LogP contribution in [0.4, 0.5) is 10.5 Å². The summed E-state index contributed by atoms with van der Waals surface area (Å²) in [6.07, 6.45) is 1.22. The SMILES string of the molecule is CC(C)(C)OC(=O)N(Cc1nccs1)c1cc(Cl)nc2c(Cl)csc12. The van der Waals surface area contributed by atoms with E-state index in [2.05, 4.69) is 9.97 Å².